The second kappa shape index (κ2) is 4.71. The first kappa shape index (κ1) is 11.9. The zero-order valence-corrected chi connectivity index (χ0v) is 11.0. The number of aromatic nitrogens is 4. The van der Waals surface area contributed by atoms with Gasteiger partial charge < -0.3 is 4.90 Å². The van der Waals surface area contributed by atoms with Crippen LogP contribution in [0.1, 0.15) is 26.6 Å². The largest absolute Gasteiger partial charge is 0.327 e. The Balaban J connectivity index is 2.06. The van der Waals surface area contributed by atoms with Gasteiger partial charge in [-0.1, -0.05) is 0 Å². The first-order valence-electron chi connectivity index (χ1n) is 5.76. The van der Waals surface area contributed by atoms with Crippen LogP contribution in [0, 0.1) is 0 Å². The molecule has 1 fully saturated rings. The van der Waals surface area contributed by atoms with Crippen molar-refractivity contribution in [3.05, 3.63) is 5.82 Å². The lowest BCUT2D eigenvalue weighted by Crippen LogP contribution is -3.12. The molecule has 2 heterocycles. The third kappa shape index (κ3) is 2.74. The summed E-state index contributed by atoms with van der Waals surface area (Å²) in [5.74, 6) is 3.52. The van der Waals surface area contributed by atoms with Crippen molar-refractivity contribution in [1.29, 1.82) is 0 Å². The summed E-state index contributed by atoms with van der Waals surface area (Å²) in [6.07, 6.45) is 0. The number of rotatable bonds is 2. The molecule has 0 aromatic carbocycles. The molecular formula is C10H20N5S+. The summed E-state index contributed by atoms with van der Waals surface area (Å²) in [6.45, 7) is 9.80. The van der Waals surface area contributed by atoms with E-state index in [1.807, 2.05) is 16.4 Å². The topological polar surface area (TPSA) is 48.0 Å². The number of nitrogens with zero attached hydrogens (tertiary/aromatic N) is 4. The molecule has 1 aromatic heterocycles. The summed E-state index contributed by atoms with van der Waals surface area (Å²) >= 11 is 2.04. The third-order valence-electron chi connectivity index (χ3n) is 2.78. The normalized spacial score (nSPS) is 18.9. The Morgan fingerprint density at radius 1 is 1.31 bits per heavy atom. The van der Waals surface area contributed by atoms with E-state index in [0.29, 0.717) is 0 Å². The van der Waals surface area contributed by atoms with Crippen molar-refractivity contribution in [1.82, 2.24) is 20.2 Å². The summed E-state index contributed by atoms with van der Waals surface area (Å²) in [6, 6.07) is 0. The zero-order chi connectivity index (χ0) is 11.6. The first-order chi connectivity index (χ1) is 7.57. The molecule has 0 saturated carbocycles. The SMILES string of the molecule is CC(C)(C)n1nnnc1C[NH+]1CCSCC1. The summed E-state index contributed by atoms with van der Waals surface area (Å²) in [5.41, 5.74) is -0.0250. The molecule has 0 spiro atoms. The molecule has 0 amide bonds. The molecule has 5 nitrogen and oxygen atoms in total. The Kier molecular flexibility index (Phi) is 3.49. The number of tetrazole rings is 1. The van der Waals surface area contributed by atoms with Crippen LogP contribution in [0.15, 0.2) is 0 Å². The zero-order valence-electron chi connectivity index (χ0n) is 10.2. The van der Waals surface area contributed by atoms with Gasteiger partial charge in [-0.25, -0.2) is 4.68 Å². The molecule has 16 heavy (non-hydrogen) atoms. The molecule has 0 bridgehead atoms. The molecule has 0 unspecified atom stereocenters. The van der Waals surface area contributed by atoms with E-state index in [0.717, 1.165) is 12.4 Å². The quantitative estimate of drug-likeness (QED) is 0.764. The van der Waals surface area contributed by atoms with Crippen LogP contribution in [-0.2, 0) is 12.1 Å². The van der Waals surface area contributed by atoms with E-state index in [1.54, 1.807) is 4.90 Å². The first-order valence-corrected chi connectivity index (χ1v) is 6.92. The van der Waals surface area contributed by atoms with Gasteiger partial charge >= 0.3 is 0 Å². The van der Waals surface area contributed by atoms with Gasteiger partial charge in [-0.05, 0) is 31.2 Å². The van der Waals surface area contributed by atoms with E-state index in [1.165, 1.54) is 24.6 Å². The number of hydrogen-bond donors (Lipinski definition) is 1. The van der Waals surface area contributed by atoms with Gasteiger partial charge in [-0.3, -0.25) is 0 Å². The maximum Gasteiger partial charge on any atom is 0.206 e. The minimum absolute atomic E-state index is 0.0250. The fraction of sp³-hybridized carbons (Fsp3) is 0.900. The Morgan fingerprint density at radius 2 is 2.00 bits per heavy atom. The standard InChI is InChI=1S/C10H19N5S/c1-10(2,3)15-9(11-12-13-15)8-14-4-6-16-7-5-14/h4-8H2,1-3H3/p+1. The van der Waals surface area contributed by atoms with Gasteiger partial charge in [0, 0.05) is 11.5 Å². The Morgan fingerprint density at radius 3 is 2.62 bits per heavy atom. The molecule has 0 aliphatic carbocycles. The van der Waals surface area contributed by atoms with Gasteiger partial charge in [0.2, 0.25) is 5.82 Å². The predicted octanol–water partition coefficient (Wildman–Crippen LogP) is -0.440. The Bertz CT molecular complexity index is 337. The average molecular weight is 242 g/mol. The monoisotopic (exact) mass is 242 g/mol. The fourth-order valence-electron chi connectivity index (χ4n) is 1.90. The summed E-state index contributed by atoms with van der Waals surface area (Å²) in [4.78, 5) is 1.60. The molecule has 1 aliphatic rings. The maximum absolute atomic E-state index is 4.15. The van der Waals surface area contributed by atoms with Gasteiger partial charge in [0.05, 0.1) is 18.6 Å². The minimum atomic E-state index is -0.0250. The molecule has 2 rings (SSSR count). The number of nitrogens with one attached hydrogen (secondary N) is 1. The highest BCUT2D eigenvalue weighted by molar-refractivity contribution is 7.99. The number of thioether (sulfide) groups is 1. The second-order valence-corrected chi connectivity index (χ2v) is 6.44. The second-order valence-electron chi connectivity index (χ2n) is 5.22. The predicted molar refractivity (Wildman–Crippen MR) is 64.5 cm³/mol. The van der Waals surface area contributed by atoms with Crippen LogP contribution < -0.4 is 4.90 Å². The van der Waals surface area contributed by atoms with Gasteiger partial charge in [0.25, 0.3) is 0 Å². The lowest BCUT2D eigenvalue weighted by molar-refractivity contribution is -0.910. The van der Waals surface area contributed by atoms with Crippen LogP contribution >= 0.6 is 11.8 Å². The van der Waals surface area contributed by atoms with Crippen molar-refractivity contribution in [2.45, 2.75) is 32.9 Å². The highest BCUT2D eigenvalue weighted by Gasteiger charge is 2.23. The molecule has 0 radical (unpaired) electrons. The van der Waals surface area contributed by atoms with Crippen LogP contribution in [0.25, 0.3) is 0 Å². The van der Waals surface area contributed by atoms with Gasteiger partial charge in [-0.2, -0.15) is 11.8 Å². The molecule has 1 aliphatic heterocycles. The summed E-state index contributed by atoms with van der Waals surface area (Å²) < 4.78 is 1.95. The Labute approximate surface area is 101 Å². The van der Waals surface area contributed by atoms with Crippen LogP contribution in [0.5, 0.6) is 0 Å². The van der Waals surface area contributed by atoms with Crippen molar-refractivity contribution in [3.63, 3.8) is 0 Å². The van der Waals surface area contributed by atoms with Crippen molar-refractivity contribution in [3.8, 4) is 0 Å². The molecule has 1 saturated heterocycles. The van der Waals surface area contributed by atoms with Crippen molar-refractivity contribution >= 4 is 11.8 Å². The van der Waals surface area contributed by atoms with E-state index in [9.17, 15) is 0 Å². The molecular weight excluding hydrogens is 222 g/mol. The van der Waals surface area contributed by atoms with E-state index >= 15 is 0 Å². The summed E-state index contributed by atoms with van der Waals surface area (Å²) in [5, 5.41) is 12.0. The molecule has 0 atom stereocenters. The minimum Gasteiger partial charge on any atom is -0.327 e. The molecule has 6 heteroatoms. The van der Waals surface area contributed by atoms with E-state index in [2.05, 4.69) is 36.3 Å². The van der Waals surface area contributed by atoms with Gasteiger partial charge in [0.1, 0.15) is 6.54 Å². The highest BCUT2D eigenvalue weighted by Crippen LogP contribution is 2.12. The fourth-order valence-corrected chi connectivity index (χ4v) is 2.97. The van der Waals surface area contributed by atoms with Crippen LogP contribution in [0.3, 0.4) is 0 Å². The molecule has 1 N–H and O–H groups in total. The van der Waals surface area contributed by atoms with E-state index in [4.69, 9.17) is 0 Å². The van der Waals surface area contributed by atoms with Crippen LogP contribution in [0.4, 0.5) is 0 Å². The average Bonchev–Trinajstić information content (AvgIpc) is 2.67. The Hall–Kier alpha value is -0.620. The third-order valence-corrected chi connectivity index (χ3v) is 3.76. The van der Waals surface area contributed by atoms with Crippen molar-refractivity contribution < 1.29 is 4.90 Å². The molecule has 1 aromatic rings. The lowest BCUT2D eigenvalue weighted by Gasteiger charge is -2.25. The smallest absolute Gasteiger partial charge is 0.206 e. The van der Waals surface area contributed by atoms with Crippen molar-refractivity contribution in [2.75, 3.05) is 24.6 Å². The van der Waals surface area contributed by atoms with Crippen molar-refractivity contribution in [2.24, 2.45) is 0 Å². The van der Waals surface area contributed by atoms with E-state index < -0.39 is 0 Å². The van der Waals surface area contributed by atoms with Crippen LogP contribution in [-0.4, -0.2) is 44.8 Å². The summed E-state index contributed by atoms with van der Waals surface area (Å²) in [7, 11) is 0. The van der Waals surface area contributed by atoms with E-state index in [-0.39, 0.29) is 5.54 Å². The molecule has 90 valence electrons. The maximum atomic E-state index is 4.15. The number of hydrogen-bond acceptors (Lipinski definition) is 4. The highest BCUT2D eigenvalue weighted by atomic mass is 32.2. The number of quaternary nitrogens is 1. The lowest BCUT2D eigenvalue weighted by atomic mass is 10.1. The van der Waals surface area contributed by atoms with Crippen LogP contribution in [0.2, 0.25) is 0 Å². The van der Waals surface area contributed by atoms with Gasteiger partial charge in [-0.15, -0.1) is 5.10 Å². The van der Waals surface area contributed by atoms with Gasteiger partial charge in [0.15, 0.2) is 0 Å².